The normalized spacial score (nSPS) is 31.8. The maximum absolute atomic E-state index is 13.0. The fraction of sp³-hybridized carbons (Fsp3) is 1.00. The Balaban J connectivity index is 2.47. The van der Waals surface area contributed by atoms with Crippen LogP contribution in [-0.2, 0) is 4.74 Å². The molecule has 0 aromatic rings. The molecule has 1 aliphatic heterocycles. The van der Waals surface area contributed by atoms with Crippen LogP contribution >= 0.6 is 0 Å². The third-order valence-corrected chi connectivity index (χ3v) is 2.43. The zero-order valence-corrected chi connectivity index (χ0v) is 8.09. The maximum atomic E-state index is 13.0. The molecule has 0 aliphatic carbocycles. The van der Waals surface area contributed by atoms with E-state index in [1.807, 2.05) is 0 Å². The summed E-state index contributed by atoms with van der Waals surface area (Å²) in [7, 11) is 1.67. The van der Waals surface area contributed by atoms with Crippen molar-refractivity contribution in [2.24, 2.45) is 0 Å². The highest BCUT2D eigenvalue weighted by molar-refractivity contribution is 4.86. The van der Waals surface area contributed by atoms with E-state index in [1.54, 1.807) is 7.11 Å². The molecule has 0 aromatic heterocycles. The second kappa shape index (κ2) is 4.19. The highest BCUT2D eigenvalue weighted by Gasteiger charge is 2.33. The van der Waals surface area contributed by atoms with Gasteiger partial charge in [-0.3, -0.25) is 4.90 Å². The Morgan fingerprint density at radius 3 is 2.75 bits per heavy atom. The maximum Gasteiger partial charge on any atom is 0.114 e. The lowest BCUT2D eigenvalue weighted by molar-refractivity contribution is 0.0981. The van der Waals surface area contributed by atoms with Crippen LogP contribution in [0.3, 0.4) is 0 Å². The third-order valence-electron chi connectivity index (χ3n) is 2.43. The van der Waals surface area contributed by atoms with Crippen molar-refractivity contribution >= 4 is 0 Å². The highest BCUT2D eigenvalue weighted by atomic mass is 19.1. The van der Waals surface area contributed by atoms with Crippen LogP contribution in [0.15, 0.2) is 0 Å². The fourth-order valence-corrected chi connectivity index (χ4v) is 1.87. The molecule has 1 aliphatic rings. The lowest BCUT2D eigenvalue weighted by Crippen LogP contribution is -2.38. The monoisotopic (exact) mass is 175 g/mol. The van der Waals surface area contributed by atoms with Crippen molar-refractivity contribution in [1.82, 2.24) is 4.90 Å². The first kappa shape index (κ1) is 9.93. The Labute approximate surface area is 73.7 Å². The Hall–Kier alpha value is -0.150. The van der Waals surface area contributed by atoms with Crippen LogP contribution in [-0.4, -0.2) is 43.4 Å². The Kier molecular flexibility index (Phi) is 3.47. The number of nitrogens with zero attached hydrogens (tertiary/aromatic N) is 1. The van der Waals surface area contributed by atoms with Gasteiger partial charge in [-0.05, 0) is 20.3 Å². The highest BCUT2D eigenvalue weighted by Crippen LogP contribution is 2.22. The molecule has 0 spiro atoms. The Morgan fingerprint density at radius 1 is 1.58 bits per heavy atom. The van der Waals surface area contributed by atoms with E-state index >= 15 is 0 Å². The minimum atomic E-state index is -0.660. The molecule has 2 atom stereocenters. The predicted molar refractivity (Wildman–Crippen MR) is 47.0 cm³/mol. The second-order valence-electron chi connectivity index (χ2n) is 3.73. The Bertz CT molecular complexity index is 140. The SMILES string of the molecule is COC[C@@H]1C[C@H](F)CN1C(C)C. The first-order valence-electron chi connectivity index (χ1n) is 4.54. The van der Waals surface area contributed by atoms with E-state index in [4.69, 9.17) is 4.74 Å². The molecule has 3 heteroatoms. The van der Waals surface area contributed by atoms with Crippen LogP contribution in [0.5, 0.6) is 0 Å². The number of hydrogen-bond acceptors (Lipinski definition) is 2. The van der Waals surface area contributed by atoms with Gasteiger partial charge in [0.25, 0.3) is 0 Å². The fourth-order valence-electron chi connectivity index (χ4n) is 1.87. The van der Waals surface area contributed by atoms with Gasteiger partial charge in [-0.1, -0.05) is 0 Å². The van der Waals surface area contributed by atoms with Crippen LogP contribution in [0, 0.1) is 0 Å². The predicted octanol–water partition coefficient (Wildman–Crippen LogP) is 1.45. The van der Waals surface area contributed by atoms with Gasteiger partial charge in [-0.25, -0.2) is 4.39 Å². The van der Waals surface area contributed by atoms with Crippen LogP contribution in [0.4, 0.5) is 4.39 Å². The van der Waals surface area contributed by atoms with E-state index in [2.05, 4.69) is 18.7 Å². The first-order chi connectivity index (χ1) is 5.65. The van der Waals surface area contributed by atoms with Crippen molar-refractivity contribution < 1.29 is 9.13 Å². The van der Waals surface area contributed by atoms with Crippen molar-refractivity contribution in [3.05, 3.63) is 0 Å². The van der Waals surface area contributed by atoms with E-state index in [0.717, 1.165) is 0 Å². The van der Waals surface area contributed by atoms with Crippen LogP contribution in [0.1, 0.15) is 20.3 Å². The molecule has 0 amide bonds. The Morgan fingerprint density at radius 2 is 2.25 bits per heavy atom. The molecular weight excluding hydrogens is 157 g/mol. The summed E-state index contributed by atoms with van der Waals surface area (Å²) in [5, 5.41) is 0. The molecule has 0 N–H and O–H groups in total. The summed E-state index contributed by atoms with van der Waals surface area (Å²) in [6.45, 7) is 5.42. The van der Waals surface area contributed by atoms with E-state index < -0.39 is 6.17 Å². The molecule has 0 radical (unpaired) electrons. The number of ether oxygens (including phenoxy) is 1. The van der Waals surface area contributed by atoms with Crippen molar-refractivity contribution in [3.8, 4) is 0 Å². The van der Waals surface area contributed by atoms with Gasteiger partial charge in [0.05, 0.1) is 6.61 Å². The van der Waals surface area contributed by atoms with Gasteiger partial charge in [0.1, 0.15) is 6.17 Å². The zero-order valence-electron chi connectivity index (χ0n) is 8.09. The smallest absolute Gasteiger partial charge is 0.114 e. The lowest BCUT2D eigenvalue weighted by Gasteiger charge is -2.27. The minimum absolute atomic E-state index is 0.282. The van der Waals surface area contributed by atoms with E-state index in [-0.39, 0.29) is 6.04 Å². The number of hydrogen-bond donors (Lipinski definition) is 0. The van der Waals surface area contributed by atoms with Crippen molar-refractivity contribution in [2.75, 3.05) is 20.3 Å². The standard InChI is InChI=1S/C9H18FNO/c1-7(2)11-5-8(10)4-9(11)6-12-3/h7-9H,4-6H2,1-3H3/t8-,9-/m0/s1. The number of halogens is 1. The molecule has 72 valence electrons. The number of methoxy groups -OCH3 is 1. The van der Waals surface area contributed by atoms with Gasteiger partial charge in [0, 0.05) is 25.7 Å². The summed E-state index contributed by atoms with van der Waals surface area (Å²) < 4.78 is 18.1. The number of rotatable bonds is 3. The van der Waals surface area contributed by atoms with E-state index in [1.165, 1.54) is 0 Å². The number of alkyl halides is 1. The molecule has 0 bridgehead atoms. The quantitative estimate of drug-likeness (QED) is 0.643. The van der Waals surface area contributed by atoms with Gasteiger partial charge < -0.3 is 4.74 Å². The molecular formula is C9H18FNO. The molecule has 1 heterocycles. The molecule has 0 saturated carbocycles. The zero-order chi connectivity index (χ0) is 9.14. The largest absolute Gasteiger partial charge is 0.383 e. The van der Waals surface area contributed by atoms with Gasteiger partial charge in [-0.15, -0.1) is 0 Å². The van der Waals surface area contributed by atoms with Gasteiger partial charge in [-0.2, -0.15) is 0 Å². The number of likely N-dealkylation sites (tertiary alicyclic amines) is 1. The lowest BCUT2D eigenvalue weighted by atomic mass is 10.2. The van der Waals surface area contributed by atoms with Crippen molar-refractivity contribution in [2.45, 2.75) is 38.5 Å². The van der Waals surface area contributed by atoms with Crippen molar-refractivity contribution in [1.29, 1.82) is 0 Å². The van der Waals surface area contributed by atoms with E-state index in [0.29, 0.717) is 25.6 Å². The average Bonchev–Trinajstić information content (AvgIpc) is 2.32. The molecule has 0 aromatic carbocycles. The summed E-state index contributed by atoms with van der Waals surface area (Å²) >= 11 is 0. The average molecular weight is 175 g/mol. The summed E-state index contributed by atoms with van der Waals surface area (Å²) in [5.41, 5.74) is 0. The second-order valence-corrected chi connectivity index (χ2v) is 3.73. The molecule has 1 saturated heterocycles. The molecule has 1 rings (SSSR count). The summed E-state index contributed by atoms with van der Waals surface area (Å²) in [4.78, 5) is 2.17. The van der Waals surface area contributed by atoms with Gasteiger partial charge in [0.2, 0.25) is 0 Å². The molecule has 2 nitrogen and oxygen atoms in total. The summed E-state index contributed by atoms with van der Waals surface area (Å²) in [5.74, 6) is 0. The van der Waals surface area contributed by atoms with Gasteiger partial charge >= 0.3 is 0 Å². The summed E-state index contributed by atoms with van der Waals surface area (Å²) in [6, 6.07) is 0.705. The first-order valence-corrected chi connectivity index (χ1v) is 4.54. The van der Waals surface area contributed by atoms with Gasteiger partial charge in [0.15, 0.2) is 0 Å². The van der Waals surface area contributed by atoms with Crippen LogP contribution < -0.4 is 0 Å². The summed E-state index contributed by atoms with van der Waals surface area (Å²) in [6.07, 6.45) is -0.0287. The molecule has 0 unspecified atom stereocenters. The van der Waals surface area contributed by atoms with Crippen LogP contribution in [0.2, 0.25) is 0 Å². The topological polar surface area (TPSA) is 12.5 Å². The van der Waals surface area contributed by atoms with Crippen molar-refractivity contribution in [3.63, 3.8) is 0 Å². The minimum Gasteiger partial charge on any atom is -0.383 e. The molecule has 12 heavy (non-hydrogen) atoms. The molecule has 1 fully saturated rings. The van der Waals surface area contributed by atoms with Crippen LogP contribution in [0.25, 0.3) is 0 Å². The van der Waals surface area contributed by atoms with E-state index in [9.17, 15) is 4.39 Å². The third kappa shape index (κ3) is 2.17.